The first-order chi connectivity index (χ1) is 22.6. The van der Waals surface area contributed by atoms with Crippen molar-refractivity contribution in [2.45, 2.75) is 78.7 Å². The Morgan fingerprint density at radius 3 is 1.62 bits per heavy atom. The van der Waals surface area contributed by atoms with E-state index in [9.17, 15) is 16.8 Å². The van der Waals surface area contributed by atoms with E-state index in [0.29, 0.717) is 17.2 Å². The summed E-state index contributed by atoms with van der Waals surface area (Å²) in [6, 6.07) is 25.8. The molecule has 8 nitrogen and oxygen atoms in total. The zero-order valence-corrected chi connectivity index (χ0v) is 28.8. The molecule has 0 fully saturated rings. The van der Waals surface area contributed by atoms with Gasteiger partial charge in [-0.25, -0.2) is 16.8 Å². The summed E-state index contributed by atoms with van der Waals surface area (Å²) in [6.45, 7) is 8.27. The lowest BCUT2D eigenvalue weighted by molar-refractivity contribution is 0.204. The molecule has 0 N–H and O–H groups in total. The smallest absolute Gasteiger partial charge is 0.210 e. The summed E-state index contributed by atoms with van der Waals surface area (Å²) in [5.74, 6) is 1.68. The lowest BCUT2D eigenvalue weighted by Crippen LogP contribution is -2.14. The standard InChI is InChI=1S/C37H42O8S2/c1-5-13-29(4)45-35-15-8-10-17-37(35)47(40,41)32-22-18-30(19-23-32)42-26-11-12-27-43-34-14-7-9-16-36(34)46(38,39)33-24-20-31(21-25-33)44-28(3)6-2/h7-12,14-25,28-29H,5-6,13,26-27H2,1-4H3. The second-order valence-corrected chi connectivity index (χ2v) is 14.8. The molecule has 2 atom stereocenters. The van der Waals surface area contributed by atoms with E-state index >= 15 is 0 Å². The summed E-state index contributed by atoms with van der Waals surface area (Å²) in [6.07, 6.45) is 5.98. The van der Waals surface area contributed by atoms with E-state index in [1.54, 1.807) is 78.9 Å². The lowest BCUT2D eigenvalue weighted by atomic mass is 10.2. The maximum Gasteiger partial charge on any atom is 0.210 e. The number of sulfone groups is 2. The average molecular weight is 679 g/mol. The molecule has 0 saturated carbocycles. The molecule has 0 amide bonds. The molecule has 0 aliphatic rings. The summed E-state index contributed by atoms with van der Waals surface area (Å²) in [5, 5.41) is 0. The molecule has 2 unspecified atom stereocenters. The first kappa shape index (κ1) is 35.6. The van der Waals surface area contributed by atoms with Gasteiger partial charge in [0, 0.05) is 0 Å². The minimum Gasteiger partial charge on any atom is -0.491 e. The molecule has 0 aromatic heterocycles. The van der Waals surface area contributed by atoms with E-state index in [1.807, 2.05) is 20.8 Å². The van der Waals surface area contributed by atoms with Crippen molar-refractivity contribution in [3.8, 4) is 23.0 Å². The van der Waals surface area contributed by atoms with Gasteiger partial charge < -0.3 is 18.9 Å². The normalized spacial score (nSPS) is 13.2. The Balaban J connectivity index is 1.33. The molecule has 10 heteroatoms. The summed E-state index contributed by atoms with van der Waals surface area (Å²) in [4.78, 5) is 0.474. The van der Waals surface area contributed by atoms with Crippen molar-refractivity contribution in [1.82, 2.24) is 0 Å². The Morgan fingerprint density at radius 1 is 0.574 bits per heavy atom. The van der Waals surface area contributed by atoms with Gasteiger partial charge in [0.05, 0.1) is 22.0 Å². The van der Waals surface area contributed by atoms with Crippen LogP contribution in [0.5, 0.6) is 23.0 Å². The van der Waals surface area contributed by atoms with Gasteiger partial charge in [0.2, 0.25) is 19.7 Å². The van der Waals surface area contributed by atoms with Gasteiger partial charge in [0.1, 0.15) is 46.0 Å². The quantitative estimate of drug-likeness (QED) is 0.103. The molecule has 0 aliphatic carbocycles. The Hall–Kier alpha value is -4.28. The van der Waals surface area contributed by atoms with Crippen molar-refractivity contribution >= 4 is 19.7 Å². The maximum absolute atomic E-state index is 13.4. The summed E-state index contributed by atoms with van der Waals surface area (Å²) >= 11 is 0. The molecule has 4 aromatic carbocycles. The van der Waals surface area contributed by atoms with Gasteiger partial charge in [-0.2, -0.15) is 0 Å². The lowest BCUT2D eigenvalue weighted by Gasteiger charge is -2.17. The molecular weight excluding hydrogens is 637 g/mol. The molecule has 0 spiro atoms. The van der Waals surface area contributed by atoms with Crippen LogP contribution in [0.2, 0.25) is 0 Å². The first-order valence-electron chi connectivity index (χ1n) is 15.7. The predicted molar refractivity (Wildman–Crippen MR) is 182 cm³/mol. The van der Waals surface area contributed by atoms with Crippen LogP contribution in [0, 0.1) is 0 Å². The van der Waals surface area contributed by atoms with E-state index in [4.69, 9.17) is 18.9 Å². The van der Waals surface area contributed by atoms with E-state index in [-0.39, 0.29) is 50.8 Å². The molecule has 250 valence electrons. The molecular formula is C37H42O8S2. The molecule has 0 bridgehead atoms. The molecule has 0 radical (unpaired) electrons. The fourth-order valence-corrected chi connectivity index (χ4v) is 7.43. The highest BCUT2D eigenvalue weighted by molar-refractivity contribution is 7.92. The third-order valence-corrected chi connectivity index (χ3v) is 10.9. The second kappa shape index (κ2) is 16.5. The van der Waals surface area contributed by atoms with Crippen LogP contribution in [0.15, 0.2) is 129 Å². The molecule has 0 saturated heterocycles. The Kier molecular flexibility index (Phi) is 12.5. The van der Waals surface area contributed by atoms with Gasteiger partial charge in [-0.1, -0.05) is 44.5 Å². The predicted octanol–water partition coefficient (Wildman–Crippen LogP) is 8.11. The van der Waals surface area contributed by atoms with Crippen LogP contribution in [0.4, 0.5) is 0 Å². The van der Waals surface area contributed by atoms with Gasteiger partial charge in [0.25, 0.3) is 0 Å². The third-order valence-electron chi connectivity index (χ3n) is 7.33. The van der Waals surface area contributed by atoms with Crippen LogP contribution >= 0.6 is 0 Å². The fraction of sp³-hybridized carbons (Fsp3) is 0.297. The number of hydrogen-bond donors (Lipinski definition) is 0. The third kappa shape index (κ3) is 9.39. The van der Waals surface area contributed by atoms with E-state index < -0.39 is 19.7 Å². The van der Waals surface area contributed by atoms with Crippen LogP contribution in [-0.2, 0) is 19.7 Å². The maximum atomic E-state index is 13.4. The summed E-state index contributed by atoms with van der Waals surface area (Å²) in [7, 11) is -7.63. The summed E-state index contributed by atoms with van der Waals surface area (Å²) in [5.41, 5.74) is 0. The second-order valence-electron chi connectivity index (χ2n) is 11.0. The number of rotatable bonds is 17. The highest BCUT2D eigenvalue weighted by atomic mass is 32.2. The minimum absolute atomic E-state index is 0.0305. The minimum atomic E-state index is -3.83. The molecule has 4 rings (SSSR count). The summed E-state index contributed by atoms with van der Waals surface area (Å²) < 4.78 is 76.8. The number of benzene rings is 4. The molecule has 4 aromatic rings. The van der Waals surface area contributed by atoms with Crippen LogP contribution in [0.1, 0.15) is 47.0 Å². The molecule has 0 aliphatic heterocycles. The van der Waals surface area contributed by atoms with Crippen LogP contribution in [-0.4, -0.2) is 42.3 Å². The zero-order chi connectivity index (χ0) is 33.9. The Morgan fingerprint density at radius 2 is 1.06 bits per heavy atom. The zero-order valence-electron chi connectivity index (χ0n) is 27.2. The number of para-hydroxylation sites is 2. The SMILES string of the molecule is CCCC(C)Oc1ccccc1S(=O)(=O)c1ccc(OCC=CCOc2ccccc2S(=O)(=O)c2ccc(OC(C)CC)cc2)cc1. The van der Waals surface area contributed by atoms with Crippen molar-refractivity contribution in [2.24, 2.45) is 0 Å². The number of ether oxygens (including phenoxy) is 4. The van der Waals surface area contributed by atoms with Crippen molar-refractivity contribution in [3.05, 3.63) is 109 Å². The van der Waals surface area contributed by atoms with Crippen LogP contribution < -0.4 is 18.9 Å². The molecule has 47 heavy (non-hydrogen) atoms. The monoisotopic (exact) mass is 678 g/mol. The Bertz CT molecular complexity index is 1830. The van der Waals surface area contributed by atoms with E-state index in [2.05, 4.69) is 6.92 Å². The van der Waals surface area contributed by atoms with Gasteiger partial charge in [-0.05, 0) is 112 Å². The van der Waals surface area contributed by atoms with Gasteiger partial charge in [-0.3, -0.25) is 0 Å². The van der Waals surface area contributed by atoms with Gasteiger partial charge >= 0.3 is 0 Å². The van der Waals surface area contributed by atoms with Gasteiger partial charge in [0.15, 0.2) is 0 Å². The van der Waals surface area contributed by atoms with E-state index in [0.717, 1.165) is 19.3 Å². The average Bonchev–Trinajstić information content (AvgIpc) is 3.07. The topological polar surface area (TPSA) is 105 Å². The van der Waals surface area contributed by atoms with Crippen LogP contribution in [0.3, 0.4) is 0 Å². The Labute approximate surface area is 278 Å². The van der Waals surface area contributed by atoms with Gasteiger partial charge in [-0.15, -0.1) is 0 Å². The van der Waals surface area contributed by atoms with Crippen molar-refractivity contribution in [1.29, 1.82) is 0 Å². The number of hydrogen-bond acceptors (Lipinski definition) is 8. The highest BCUT2D eigenvalue weighted by Gasteiger charge is 2.24. The highest BCUT2D eigenvalue weighted by Crippen LogP contribution is 2.32. The van der Waals surface area contributed by atoms with Crippen molar-refractivity contribution < 1.29 is 35.8 Å². The first-order valence-corrected chi connectivity index (χ1v) is 18.6. The van der Waals surface area contributed by atoms with Crippen molar-refractivity contribution in [3.63, 3.8) is 0 Å². The van der Waals surface area contributed by atoms with Crippen molar-refractivity contribution in [2.75, 3.05) is 13.2 Å². The largest absolute Gasteiger partial charge is 0.491 e. The van der Waals surface area contributed by atoms with Crippen LogP contribution in [0.25, 0.3) is 0 Å². The fourth-order valence-electron chi connectivity index (χ4n) is 4.64. The molecule has 0 heterocycles. The van der Waals surface area contributed by atoms with E-state index in [1.165, 1.54) is 30.3 Å².